The van der Waals surface area contributed by atoms with Crippen molar-refractivity contribution in [1.82, 2.24) is 15.3 Å². The van der Waals surface area contributed by atoms with E-state index in [4.69, 9.17) is 5.11 Å². The van der Waals surface area contributed by atoms with Crippen LogP contribution in [0.25, 0.3) is 0 Å². The van der Waals surface area contributed by atoms with Crippen LogP contribution in [-0.2, 0) is 6.54 Å². The third kappa shape index (κ3) is 4.27. The molecule has 0 atom stereocenters. The van der Waals surface area contributed by atoms with Gasteiger partial charge in [0, 0.05) is 18.4 Å². The number of amides is 2. The molecule has 0 aromatic carbocycles. The van der Waals surface area contributed by atoms with Gasteiger partial charge in [-0.3, -0.25) is 4.98 Å². The fraction of sp³-hybridized carbons (Fsp3) is 0.143. The number of pyridine rings is 2. The molecule has 108 valence electrons. The van der Waals surface area contributed by atoms with E-state index >= 15 is 0 Å². The first kappa shape index (κ1) is 14.4. The molecule has 0 bridgehead atoms. The van der Waals surface area contributed by atoms with E-state index in [-0.39, 0.29) is 18.3 Å². The van der Waals surface area contributed by atoms with E-state index in [9.17, 15) is 9.59 Å². The molecule has 7 heteroatoms. The van der Waals surface area contributed by atoms with Crippen molar-refractivity contribution in [2.45, 2.75) is 13.5 Å². The largest absolute Gasteiger partial charge is 0.477 e. The molecule has 2 rings (SSSR count). The molecule has 0 fully saturated rings. The second-order valence-electron chi connectivity index (χ2n) is 4.35. The summed E-state index contributed by atoms with van der Waals surface area (Å²) in [6.45, 7) is 2.11. The lowest BCUT2D eigenvalue weighted by atomic mass is 10.2. The van der Waals surface area contributed by atoms with Gasteiger partial charge in [0.15, 0.2) is 0 Å². The highest BCUT2D eigenvalue weighted by Crippen LogP contribution is 2.05. The second-order valence-corrected chi connectivity index (χ2v) is 4.35. The summed E-state index contributed by atoms with van der Waals surface area (Å²) in [7, 11) is 0. The Labute approximate surface area is 121 Å². The van der Waals surface area contributed by atoms with Crippen molar-refractivity contribution in [3.8, 4) is 0 Å². The molecule has 2 amide bonds. The quantitative estimate of drug-likeness (QED) is 0.795. The molecule has 2 aromatic heterocycles. The summed E-state index contributed by atoms with van der Waals surface area (Å²) in [6, 6.07) is 6.17. The van der Waals surface area contributed by atoms with Crippen LogP contribution < -0.4 is 10.6 Å². The smallest absolute Gasteiger partial charge is 0.354 e. The molecule has 0 spiro atoms. The predicted molar refractivity (Wildman–Crippen MR) is 76.0 cm³/mol. The Morgan fingerprint density at radius 1 is 1.14 bits per heavy atom. The second kappa shape index (κ2) is 6.47. The number of rotatable bonds is 4. The third-order valence-corrected chi connectivity index (χ3v) is 2.67. The first-order valence-electron chi connectivity index (χ1n) is 6.20. The van der Waals surface area contributed by atoms with Gasteiger partial charge in [0.25, 0.3) is 0 Å². The van der Waals surface area contributed by atoms with Crippen LogP contribution in [0.15, 0.2) is 36.7 Å². The molecule has 2 aromatic rings. The van der Waals surface area contributed by atoms with Crippen LogP contribution in [0.2, 0.25) is 0 Å². The van der Waals surface area contributed by atoms with Crippen LogP contribution in [0.5, 0.6) is 0 Å². The summed E-state index contributed by atoms with van der Waals surface area (Å²) < 4.78 is 0. The van der Waals surface area contributed by atoms with Crippen LogP contribution in [-0.4, -0.2) is 27.1 Å². The number of carbonyl (C=O) groups excluding carboxylic acids is 1. The lowest BCUT2D eigenvalue weighted by molar-refractivity contribution is 0.0690. The minimum absolute atomic E-state index is 0.0334. The summed E-state index contributed by atoms with van der Waals surface area (Å²) in [5.74, 6) is -1.08. The number of nitrogens with zero attached hydrogens (tertiary/aromatic N) is 2. The van der Waals surface area contributed by atoms with Gasteiger partial charge >= 0.3 is 12.0 Å². The van der Waals surface area contributed by atoms with Gasteiger partial charge in [-0.05, 0) is 30.7 Å². The van der Waals surface area contributed by atoms with Gasteiger partial charge in [0.1, 0.15) is 5.69 Å². The summed E-state index contributed by atoms with van der Waals surface area (Å²) in [5.41, 5.74) is 2.13. The van der Waals surface area contributed by atoms with Crippen LogP contribution in [0.1, 0.15) is 21.7 Å². The Bertz CT molecular complexity index is 638. The number of carbonyl (C=O) groups is 2. The molecular weight excluding hydrogens is 272 g/mol. The molecular formula is C14H14N4O3. The zero-order valence-electron chi connectivity index (χ0n) is 11.3. The highest BCUT2D eigenvalue weighted by molar-refractivity contribution is 5.89. The molecule has 7 nitrogen and oxygen atoms in total. The summed E-state index contributed by atoms with van der Waals surface area (Å²) in [4.78, 5) is 30.2. The van der Waals surface area contributed by atoms with E-state index < -0.39 is 5.97 Å². The van der Waals surface area contributed by atoms with E-state index in [1.807, 2.05) is 6.92 Å². The number of anilines is 1. The van der Waals surface area contributed by atoms with Crippen molar-refractivity contribution in [3.05, 3.63) is 53.6 Å². The Balaban J connectivity index is 1.86. The number of hydrogen-bond donors (Lipinski definition) is 3. The molecule has 21 heavy (non-hydrogen) atoms. The molecule has 0 saturated heterocycles. The van der Waals surface area contributed by atoms with Gasteiger partial charge in [-0.25, -0.2) is 14.6 Å². The number of aryl methyl sites for hydroxylation is 1. The van der Waals surface area contributed by atoms with Crippen molar-refractivity contribution in [3.63, 3.8) is 0 Å². The maximum atomic E-state index is 11.7. The monoisotopic (exact) mass is 286 g/mol. The summed E-state index contributed by atoms with van der Waals surface area (Å²) in [6.07, 6.45) is 2.98. The van der Waals surface area contributed by atoms with E-state index in [2.05, 4.69) is 20.6 Å². The molecule has 0 radical (unpaired) electrons. The van der Waals surface area contributed by atoms with Gasteiger partial charge < -0.3 is 15.7 Å². The van der Waals surface area contributed by atoms with Crippen molar-refractivity contribution >= 4 is 17.7 Å². The van der Waals surface area contributed by atoms with Crippen LogP contribution in [0, 0.1) is 6.92 Å². The van der Waals surface area contributed by atoms with Crippen molar-refractivity contribution < 1.29 is 14.7 Å². The molecule has 0 saturated carbocycles. The van der Waals surface area contributed by atoms with E-state index in [1.165, 1.54) is 12.3 Å². The zero-order chi connectivity index (χ0) is 15.2. The zero-order valence-corrected chi connectivity index (χ0v) is 11.3. The standard InChI is InChI=1S/C14H14N4O3/c1-9-2-4-11(8-15-9)18-14(21)17-7-10-3-5-12(13(19)20)16-6-10/h2-6,8H,7H2,1H3,(H,19,20)(H2,17,18,21). The lowest BCUT2D eigenvalue weighted by Gasteiger charge is -2.07. The Morgan fingerprint density at radius 3 is 2.52 bits per heavy atom. The van der Waals surface area contributed by atoms with Crippen LogP contribution in [0.4, 0.5) is 10.5 Å². The predicted octanol–water partition coefficient (Wildman–Crippen LogP) is 1.80. The summed E-state index contributed by atoms with van der Waals surface area (Å²) in [5, 5.41) is 14.0. The van der Waals surface area contributed by atoms with Gasteiger partial charge in [-0.2, -0.15) is 0 Å². The number of urea groups is 1. The Kier molecular flexibility index (Phi) is 4.45. The minimum Gasteiger partial charge on any atom is -0.477 e. The molecule has 2 heterocycles. The number of nitrogens with one attached hydrogen (secondary N) is 2. The van der Waals surface area contributed by atoms with Gasteiger partial charge in [-0.15, -0.1) is 0 Å². The van der Waals surface area contributed by atoms with E-state index in [0.717, 1.165) is 5.69 Å². The van der Waals surface area contributed by atoms with Gasteiger partial charge in [-0.1, -0.05) is 6.07 Å². The number of aromatic nitrogens is 2. The lowest BCUT2D eigenvalue weighted by Crippen LogP contribution is -2.28. The Morgan fingerprint density at radius 2 is 1.95 bits per heavy atom. The molecule has 0 aliphatic carbocycles. The maximum absolute atomic E-state index is 11.7. The maximum Gasteiger partial charge on any atom is 0.354 e. The molecule has 0 aliphatic heterocycles. The fourth-order valence-corrected chi connectivity index (χ4v) is 1.55. The average Bonchev–Trinajstić information content (AvgIpc) is 2.48. The number of carboxylic acids is 1. The van der Waals surface area contributed by atoms with Crippen LogP contribution >= 0.6 is 0 Å². The number of carboxylic acid groups (broad SMARTS) is 1. The number of aromatic carboxylic acids is 1. The van der Waals surface area contributed by atoms with Gasteiger partial charge in [0.2, 0.25) is 0 Å². The van der Waals surface area contributed by atoms with Crippen LogP contribution in [0.3, 0.4) is 0 Å². The molecule has 3 N–H and O–H groups in total. The van der Waals surface area contributed by atoms with Gasteiger partial charge in [0.05, 0.1) is 11.9 Å². The first-order chi connectivity index (χ1) is 10.0. The third-order valence-electron chi connectivity index (χ3n) is 2.67. The average molecular weight is 286 g/mol. The highest BCUT2D eigenvalue weighted by atomic mass is 16.4. The topological polar surface area (TPSA) is 104 Å². The first-order valence-corrected chi connectivity index (χ1v) is 6.20. The Hall–Kier alpha value is -2.96. The summed E-state index contributed by atoms with van der Waals surface area (Å²) >= 11 is 0. The molecule has 0 aliphatic rings. The number of hydrogen-bond acceptors (Lipinski definition) is 4. The minimum atomic E-state index is -1.08. The fourth-order valence-electron chi connectivity index (χ4n) is 1.55. The van der Waals surface area contributed by atoms with E-state index in [1.54, 1.807) is 24.4 Å². The van der Waals surface area contributed by atoms with Crippen molar-refractivity contribution in [1.29, 1.82) is 0 Å². The van der Waals surface area contributed by atoms with E-state index in [0.29, 0.717) is 11.3 Å². The van der Waals surface area contributed by atoms with Crippen molar-refractivity contribution in [2.75, 3.05) is 5.32 Å². The molecule has 0 unspecified atom stereocenters. The highest BCUT2D eigenvalue weighted by Gasteiger charge is 2.05. The SMILES string of the molecule is Cc1ccc(NC(=O)NCc2ccc(C(=O)O)nc2)cn1. The van der Waals surface area contributed by atoms with Crippen molar-refractivity contribution in [2.24, 2.45) is 0 Å². The normalized spacial score (nSPS) is 9.95.